The van der Waals surface area contributed by atoms with Gasteiger partial charge in [-0.3, -0.25) is 5.32 Å². The van der Waals surface area contributed by atoms with E-state index < -0.39 is 6.23 Å². The van der Waals surface area contributed by atoms with E-state index in [1.807, 2.05) is 12.1 Å². The molecule has 1 aromatic rings. The predicted octanol–water partition coefficient (Wildman–Crippen LogP) is 1.64. The first-order valence-electron chi connectivity index (χ1n) is 5.93. The van der Waals surface area contributed by atoms with Crippen molar-refractivity contribution in [2.24, 2.45) is 5.92 Å². The van der Waals surface area contributed by atoms with E-state index >= 15 is 0 Å². The highest BCUT2D eigenvalue weighted by Gasteiger charge is 2.20. The van der Waals surface area contributed by atoms with Crippen molar-refractivity contribution < 1.29 is 10.2 Å². The smallest absolute Gasteiger partial charge is 0.115 e. The van der Waals surface area contributed by atoms with Gasteiger partial charge in [0, 0.05) is 6.42 Å². The van der Waals surface area contributed by atoms with Crippen LogP contribution >= 0.6 is 0 Å². The first-order valence-corrected chi connectivity index (χ1v) is 5.93. The average Bonchev–Trinajstić information content (AvgIpc) is 3.05. The normalized spacial score (nSPS) is 17.3. The van der Waals surface area contributed by atoms with Crippen LogP contribution in [0.25, 0.3) is 0 Å². The van der Waals surface area contributed by atoms with Crippen LogP contribution in [0.4, 0.5) is 0 Å². The second-order valence-corrected chi connectivity index (χ2v) is 4.57. The maximum Gasteiger partial charge on any atom is 0.115 e. The molecule has 0 saturated heterocycles. The van der Waals surface area contributed by atoms with Crippen molar-refractivity contribution in [1.82, 2.24) is 5.32 Å². The minimum absolute atomic E-state index is 0.264. The number of nitrogens with one attached hydrogen (secondary N) is 1. The maximum atomic E-state index is 9.73. The molecule has 1 atom stereocenters. The van der Waals surface area contributed by atoms with Crippen LogP contribution in [0.2, 0.25) is 0 Å². The lowest BCUT2D eigenvalue weighted by Gasteiger charge is -2.12. The summed E-state index contributed by atoms with van der Waals surface area (Å²) in [6.45, 7) is 0.893. The Morgan fingerprint density at radius 1 is 1.25 bits per heavy atom. The standard InChI is InChI=1S/C13H19NO2/c15-12-5-3-11(4-6-12)9-13(16)14-8-7-10-1-2-10/h3-6,10,13-16H,1-2,7-9H2. The third kappa shape index (κ3) is 3.83. The predicted molar refractivity (Wildman–Crippen MR) is 63.2 cm³/mol. The van der Waals surface area contributed by atoms with Gasteiger partial charge in [-0.05, 0) is 36.6 Å². The Balaban J connectivity index is 1.68. The molecule has 0 aliphatic heterocycles. The fourth-order valence-electron chi connectivity index (χ4n) is 1.79. The zero-order valence-corrected chi connectivity index (χ0v) is 9.39. The summed E-state index contributed by atoms with van der Waals surface area (Å²) in [6, 6.07) is 6.96. The number of phenolic OH excluding ortho intramolecular Hbond substituents is 1. The topological polar surface area (TPSA) is 52.5 Å². The first kappa shape index (κ1) is 11.4. The summed E-state index contributed by atoms with van der Waals surface area (Å²) in [5.41, 5.74) is 1.03. The van der Waals surface area contributed by atoms with E-state index in [4.69, 9.17) is 5.11 Å². The lowest BCUT2D eigenvalue weighted by Crippen LogP contribution is -2.31. The molecule has 0 radical (unpaired) electrons. The van der Waals surface area contributed by atoms with E-state index in [1.54, 1.807) is 12.1 Å². The first-order chi connectivity index (χ1) is 7.74. The number of hydrogen-bond donors (Lipinski definition) is 3. The molecule has 1 unspecified atom stereocenters. The minimum Gasteiger partial charge on any atom is -0.508 e. The average molecular weight is 221 g/mol. The van der Waals surface area contributed by atoms with Gasteiger partial charge < -0.3 is 10.2 Å². The number of aromatic hydroxyl groups is 1. The number of hydrogen-bond acceptors (Lipinski definition) is 3. The van der Waals surface area contributed by atoms with Gasteiger partial charge in [0.2, 0.25) is 0 Å². The van der Waals surface area contributed by atoms with E-state index in [0.29, 0.717) is 6.42 Å². The molecule has 3 nitrogen and oxygen atoms in total. The van der Waals surface area contributed by atoms with E-state index in [0.717, 1.165) is 18.0 Å². The summed E-state index contributed by atoms with van der Waals surface area (Å²) < 4.78 is 0. The number of benzene rings is 1. The Morgan fingerprint density at radius 3 is 2.56 bits per heavy atom. The molecule has 0 heterocycles. The van der Waals surface area contributed by atoms with Gasteiger partial charge >= 0.3 is 0 Å². The fraction of sp³-hybridized carbons (Fsp3) is 0.538. The highest BCUT2D eigenvalue weighted by molar-refractivity contribution is 5.26. The zero-order valence-electron chi connectivity index (χ0n) is 9.39. The van der Waals surface area contributed by atoms with E-state index in [1.165, 1.54) is 19.3 Å². The Labute approximate surface area is 96.1 Å². The number of rotatable bonds is 6. The number of aliphatic hydroxyl groups is 1. The molecule has 3 heteroatoms. The zero-order chi connectivity index (χ0) is 11.4. The maximum absolute atomic E-state index is 9.73. The van der Waals surface area contributed by atoms with Gasteiger partial charge in [-0.1, -0.05) is 25.0 Å². The van der Waals surface area contributed by atoms with E-state index in [2.05, 4.69) is 5.32 Å². The molecular formula is C13H19NO2. The van der Waals surface area contributed by atoms with Crippen molar-refractivity contribution in [2.75, 3.05) is 6.54 Å². The molecule has 1 aliphatic rings. The lowest BCUT2D eigenvalue weighted by molar-refractivity contribution is 0.137. The number of phenols is 1. The molecule has 1 aliphatic carbocycles. The van der Waals surface area contributed by atoms with Gasteiger partial charge in [-0.25, -0.2) is 0 Å². The van der Waals surface area contributed by atoms with Crippen LogP contribution < -0.4 is 5.32 Å². The van der Waals surface area contributed by atoms with Crippen molar-refractivity contribution in [3.05, 3.63) is 29.8 Å². The van der Waals surface area contributed by atoms with Crippen LogP contribution in [-0.4, -0.2) is 23.0 Å². The van der Waals surface area contributed by atoms with Crippen molar-refractivity contribution in [3.63, 3.8) is 0 Å². The summed E-state index contributed by atoms with van der Waals surface area (Å²) in [5.74, 6) is 1.16. The molecule has 1 saturated carbocycles. The molecule has 2 rings (SSSR count). The second kappa shape index (κ2) is 5.32. The summed E-state index contributed by atoms with van der Waals surface area (Å²) in [6.07, 6.45) is 3.99. The lowest BCUT2D eigenvalue weighted by atomic mass is 10.1. The molecule has 0 bridgehead atoms. The van der Waals surface area contributed by atoms with Gasteiger partial charge in [-0.15, -0.1) is 0 Å². The monoisotopic (exact) mass is 221 g/mol. The Kier molecular flexibility index (Phi) is 3.80. The highest BCUT2D eigenvalue weighted by Crippen LogP contribution is 2.31. The largest absolute Gasteiger partial charge is 0.508 e. The number of aliphatic hydroxyl groups excluding tert-OH is 1. The van der Waals surface area contributed by atoms with Crippen LogP contribution in [-0.2, 0) is 6.42 Å². The quantitative estimate of drug-likeness (QED) is 0.640. The Hall–Kier alpha value is -1.06. The molecule has 16 heavy (non-hydrogen) atoms. The van der Waals surface area contributed by atoms with Crippen LogP contribution in [0.15, 0.2) is 24.3 Å². The third-order valence-corrected chi connectivity index (χ3v) is 2.99. The molecule has 0 amide bonds. The van der Waals surface area contributed by atoms with Crippen molar-refractivity contribution in [1.29, 1.82) is 0 Å². The van der Waals surface area contributed by atoms with Crippen molar-refractivity contribution >= 4 is 0 Å². The Bertz CT molecular complexity index is 319. The molecule has 0 spiro atoms. The van der Waals surface area contributed by atoms with Gasteiger partial charge in [0.1, 0.15) is 12.0 Å². The molecule has 1 fully saturated rings. The van der Waals surface area contributed by atoms with Crippen molar-refractivity contribution in [3.8, 4) is 5.75 Å². The summed E-state index contributed by atoms with van der Waals surface area (Å²) >= 11 is 0. The van der Waals surface area contributed by atoms with E-state index in [-0.39, 0.29) is 5.75 Å². The molecule has 88 valence electrons. The van der Waals surface area contributed by atoms with Crippen LogP contribution in [0, 0.1) is 5.92 Å². The van der Waals surface area contributed by atoms with Crippen LogP contribution in [0.3, 0.4) is 0 Å². The second-order valence-electron chi connectivity index (χ2n) is 4.57. The summed E-state index contributed by atoms with van der Waals surface area (Å²) in [5, 5.41) is 22.0. The minimum atomic E-state index is -0.483. The summed E-state index contributed by atoms with van der Waals surface area (Å²) in [7, 11) is 0. The molecule has 3 N–H and O–H groups in total. The van der Waals surface area contributed by atoms with Crippen LogP contribution in [0.5, 0.6) is 5.75 Å². The summed E-state index contributed by atoms with van der Waals surface area (Å²) in [4.78, 5) is 0. The third-order valence-electron chi connectivity index (χ3n) is 2.99. The fourth-order valence-corrected chi connectivity index (χ4v) is 1.79. The van der Waals surface area contributed by atoms with Crippen LogP contribution in [0.1, 0.15) is 24.8 Å². The van der Waals surface area contributed by atoms with Crippen molar-refractivity contribution in [2.45, 2.75) is 31.9 Å². The van der Waals surface area contributed by atoms with Gasteiger partial charge in [-0.2, -0.15) is 0 Å². The van der Waals surface area contributed by atoms with Gasteiger partial charge in [0.25, 0.3) is 0 Å². The molecule has 1 aromatic carbocycles. The highest BCUT2D eigenvalue weighted by atomic mass is 16.3. The van der Waals surface area contributed by atoms with Gasteiger partial charge in [0.05, 0.1) is 0 Å². The Morgan fingerprint density at radius 2 is 1.94 bits per heavy atom. The SMILES string of the molecule is Oc1ccc(CC(O)NCCC2CC2)cc1. The molecule has 0 aromatic heterocycles. The molecular weight excluding hydrogens is 202 g/mol. The van der Waals surface area contributed by atoms with Gasteiger partial charge in [0.15, 0.2) is 0 Å². The van der Waals surface area contributed by atoms with E-state index in [9.17, 15) is 5.11 Å².